The Bertz CT molecular complexity index is 494. The highest BCUT2D eigenvalue weighted by atomic mass is 16.5. The van der Waals surface area contributed by atoms with Gasteiger partial charge in [0.15, 0.2) is 5.69 Å². The Morgan fingerprint density at radius 3 is 2.48 bits per heavy atom. The maximum absolute atomic E-state index is 12.6. The summed E-state index contributed by atoms with van der Waals surface area (Å²) in [5.41, 5.74) is 6.27. The van der Waals surface area contributed by atoms with Gasteiger partial charge in [-0.2, -0.15) is 5.10 Å². The largest absolute Gasteiger partial charge is 0.468 e. The Hall–Kier alpha value is -2.05. The summed E-state index contributed by atoms with van der Waals surface area (Å²) < 4.78 is 6.14. The quantitative estimate of drug-likeness (QED) is 0.760. The fraction of sp³-hybridized carbons (Fsp3) is 0.643. The molecule has 7 nitrogen and oxygen atoms in total. The minimum atomic E-state index is -0.455. The van der Waals surface area contributed by atoms with Crippen molar-refractivity contribution in [2.24, 2.45) is 13.0 Å². The number of ether oxygens (including phenoxy) is 1. The topological polar surface area (TPSA) is 90.5 Å². The fourth-order valence-electron chi connectivity index (χ4n) is 2.12. The molecule has 0 unspecified atom stereocenters. The summed E-state index contributed by atoms with van der Waals surface area (Å²) in [4.78, 5) is 25.6. The van der Waals surface area contributed by atoms with Crippen LogP contribution in [0.4, 0.5) is 5.69 Å². The van der Waals surface area contributed by atoms with Gasteiger partial charge in [-0.1, -0.05) is 26.7 Å². The number of esters is 1. The molecule has 1 aromatic heterocycles. The van der Waals surface area contributed by atoms with Crippen molar-refractivity contribution < 1.29 is 14.3 Å². The summed E-state index contributed by atoms with van der Waals surface area (Å²) >= 11 is 0. The number of carbonyl (C=O) groups is 2. The molecule has 0 fully saturated rings. The van der Waals surface area contributed by atoms with Crippen molar-refractivity contribution >= 4 is 17.6 Å². The molecule has 0 radical (unpaired) electrons. The molecule has 1 rings (SSSR count). The average molecular weight is 296 g/mol. The monoisotopic (exact) mass is 296 g/mol. The Balaban J connectivity index is 2.96. The summed E-state index contributed by atoms with van der Waals surface area (Å²) in [5, 5.41) is 4.07. The lowest BCUT2D eigenvalue weighted by atomic mass is 10.0. The lowest BCUT2D eigenvalue weighted by molar-refractivity contribution is -0.141. The zero-order valence-corrected chi connectivity index (χ0v) is 13.1. The number of nitrogen functional groups attached to an aromatic ring is 1. The lowest BCUT2D eigenvalue weighted by Crippen LogP contribution is -2.40. The van der Waals surface area contributed by atoms with Gasteiger partial charge in [0.2, 0.25) is 0 Å². The first kappa shape index (κ1) is 17.0. The molecule has 2 N–H and O–H groups in total. The summed E-state index contributed by atoms with van der Waals surface area (Å²) in [6, 6.07) is 0. The number of nitrogens with zero attached hydrogens (tertiary/aromatic N) is 3. The lowest BCUT2D eigenvalue weighted by Gasteiger charge is -2.25. The second-order valence-electron chi connectivity index (χ2n) is 5.05. The number of amides is 1. The van der Waals surface area contributed by atoms with Crippen LogP contribution >= 0.6 is 0 Å². The predicted molar refractivity (Wildman–Crippen MR) is 79.6 cm³/mol. The third-order valence-electron chi connectivity index (χ3n) is 3.53. The number of aryl methyl sites for hydroxylation is 1. The molecule has 1 amide bonds. The van der Waals surface area contributed by atoms with Crippen LogP contribution in [-0.4, -0.2) is 46.8 Å². The third kappa shape index (κ3) is 4.47. The van der Waals surface area contributed by atoms with E-state index in [1.807, 2.05) is 0 Å². The van der Waals surface area contributed by atoms with Gasteiger partial charge < -0.3 is 15.4 Å². The van der Waals surface area contributed by atoms with Crippen LogP contribution in [0.15, 0.2) is 6.20 Å². The average Bonchev–Trinajstić information content (AvgIpc) is 2.81. The molecule has 0 aliphatic heterocycles. The zero-order chi connectivity index (χ0) is 16.0. The molecule has 0 spiro atoms. The predicted octanol–water partition coefficient (Wildman–Crippen LogP) is 1.05. The fourth-order valence-corrected chi connectivity index (χ4v) is 2.12. The molecule has 0 aromatic carbocycles. The molecule has 7 heteroatoms. The zero-order valence-electron chi connectivity index (χ0n) is 13.1. The molecule has 0 saturated heterocycles. The molecule has 21 heavy (non-hydrogen) atoms. The van der Waals surface area contributed by atoms with Crippen molar-refractivity contribution in [3.05, 3.63) is 11.9 Å². The molecule has 118 valence electrons. The van der Waals surface area contributed by atoms with Crippen molar-refractivity contribution in [2.45, 2.75) is 26.7 Å². The Labute approximate surface area is 125 Å². The van der Waals surface area contributed by atoms with Crippen molar-refractivity contribution in [2.75, 3.05) is 25.9 Å². The van der Waals surface area contributed by atoms with Gasteiger partial charge in [-0.05, 0) is 5.92 Å². The van der Waals surface area contributed by atoms with Crippen LogP contribution in [0.5, 0.6) is 0 Å². The summed E-state index contributed by atoms with van der Waals surface area (Å²) in [7, 11) is 3.00. The Kier molecular flexibility index (Phi) is 6.20. The molecule has 0 saturated carbocycles. The number of methoxy groups -OCH3 is 1. The number of nitrogens with two attached hydrogens (primary N) is 1. The van der Waals surface area contributed by atoms with E-state index in [-0.39, 0.29) is 18.1 Å². The van der Waals surface area contributed by atoms with Gasteiger partial charge in [0.1, 0.15) is 6.54 Å². The van der Waals surface area contributed by atoms with Crippen LogP contribution in [-0.2, 0) is 16.6 Å². The normalized spacial score (nSPS) is 10.7. The van der Waals surface area contributed by atoms with Crippen LogP contribution in [0.25, 0.3) is 0 Å². The standard InChI is InChI=1S/C14H24N4O3/c1-5-10(6-2)7-18(9-12(19)21-4)14(20)13-11(15)8-17(3)16-13/h8,10H,5-7,9,15H2,1-4H3. The van der Waals surface area contributed by atoms with Gasteiger partial charge in [-0.25, -0.2) is 0 Å². The Morgan fingerprint density at radius 2 is 2.05 bits per heavy atom. The number of rotatable bonds is 7. The van der Waals surface area contributed by atoms with E-state index in [0.29, 0.717) is 18.2 Å². The third-order valence-corrected chi connectivity index (χ3v) is 3.53. The number of anilines is 1. The van der Waals surface area contributed by atoms with Gasteiger partial charge in [0.05, 0.1) is 12.8 Å². The van der Waals surface area contributed by atoms with E-state index >= 15 is 0 Å². The van der Waals surface area contributed by atoms with Crippen molar-refractivity contribution in [3.63, 3.8) is 0 Å². The number of carbonyl (C=O) groups excluding carboxylic acids is 2. The summed E-state index contributed by atoms with van der Waals surface area (Å²) in [5.74, 6) is -0.474. The van der Waals surface area contributed by atoms with E-state index in [4.69, 9.17) is 5.73 Å². The van der Waals surface area contributed by atoms with Gasteiger partial charge in [-0.15, -0.1) is 0 Å². The van der Waals surface area contributed by atoms with Crippen LogP contribution < -0.4 is 5.73 Å². The second-order valence-corrected chi connectivity index (χ2v) is 5.05. The van der Waals surface area contributed by atoms with E-state index < -0.39 is 5.97 Å². The maximum Gasteiger partial charge on any atom is 0.325 e. The molecule has 0 aliphatic carbocycles. The summed E-state index contributed by atoms with van der Waals surface area (Å²) in [6.07, 6.45) is 3.43. The van der Waals surface area contributed by atoms with Gasteiger partial charge >= 0.3 is 5.97 Å². The van der Waals surface area contributed by atoms with Crippen molar-refractivity contribution in [1.82, 2.24) is 14.7 Å². The van der Waals surface area contributed by atoms with Crippen LogP contribution in [0.2, 0.25) is 0 Å². The van der Waals surface area contributed by atoms with E-state index in [1.54, 1.807) is 13.2 Å². The molecule has 1 aromatic rings. The number of aromatic nitrogens is 2. The number of hydrogen-bond acceptors (Lipinski definition) is 5. The van der Waals surface area contributed by atoms with Gasteiger partial charge in [0, 0.05) is 19.8 Å². The first-order valence-corrected chi connectivity index (χ1v) is 7.08. The summed E-state index contributed by atoms with van der Waals surface area (Å²) in [6.45, 7) is 4.51. The molecule has 0 bridgehead atoms. The maximum atomic E-state index is 12.6. The highest BCUT2D eigenvalue weighted by Gasteiger charge is 2.25. The van der Waals surface area contributed by atoms with Crippen LogP contribution in [0.1, 0.15) is 37.2 Å². The van der Waals surface area contributed by atoms with Crippen LogP contribution in [0.3, 0.4) is 0 Å². The first-order valence-electron chi connectivity index (χ1n) is 7.08. The van der Waals surface area contributed by atoms with E-state index in [2.05, 4.69) is 23.7 Å². The highest BCUT2D eigenvalue weighted by Crippen LogP contribution is 2.15. The van der Waals surface area contributed by atoms with Crippen molar-refractivity contribution in [3.8, 4) is 0 Å². The second kappa shape index (κ2) is 7.66. The molecule has 1 heterocycles. The molecule has 0 aliphatic rings. The van der Waals surface area contributed by atoms with Gasteiger partial charge in [-0.3, -0.25) is 14.3 Å². The SMILES string of the molecule is CCC(CC)CN(CC(=O)OC)C(=O)c1nn(C)cc1N. The molecule has 0 atom stereocenters. The number of hydrogen-bond donors (Lipinski definition) is 1. The minimum Gasteiger partial charge on any atom is -0.468 e. The minimum absolute atomic E-state index is 0.0954. The highest BCUT2D eigenvalue weighted by molar-refractivity contribution is 5.98. The van der Waals surface area contributed by atoms with E-state index in [1.165, 1.54) is 16.7 Å². The smallest absolute Gasteiger partial charge is 0.325 e. The molecular formula is C14H24N4O3. The van der Waals surface area contributed by atoms with E-state index in [0.717, 1.165) is 12.8 Å². The Morgan fingerprint density at radius 1 is 1.43 bits per heavy atom. The van der Waals surface area contributed by atoms with Crippen LogP contribution in [0, 0.1) is 5.92 Å². The van der Waals surface area contributed by atoms with E-state index in [9.17, 15) is 9.59 Å². The van der Waals surface area contributed by atoms with Gasteiger partial charge in [0.25, 0.3) is 5.91 Å². The first-order chi connectivity index (χ1) is 9.92. The van der Waals surface area contributed by atoms with Crippen molar-refractivity contribution in [1.29, 1.82) is 0 Å². The molecular weight excluding hydrogens is 272 g/mol.